The summed E-state index contributed by atoms with van der Waals surface area (Å²) >= 11 is 0. The van der Waals surface area contributed by atoms with Gasteiger partial charge in [0.2, 0.25) is 0 Å². The van der Waals surface area contributed by atoms with E-state index < -0.39 is 17.8 Å². The predicted molar refractivity (Wildman–Crippen MR) is 111 cm³/mol. The number of ether oxygens (including phenoxy) is 1. The van der Waals surface area contributed by atoms with Crippen LogP contribution in [0, 0.1) is 6.92 Å². The Morgan fingerprint density at radius 2 is 1.94 bits per heavy atom. The van der Waals surface area contributed by atoms with E-state index in [0.717, 1.165) is 12.1 Å². The molecule has 31 heavy (non-hydrogen) atoms. The number of likely N-dealkylation sites (N-methyl/N-ethyl adjacent to an activating group) is 1. The molecule has 0 fully saturated rings. The largest absolute Gasteiger partial charge is 0.481 e. The van der Waals surface area contributed by atoms with Crippen LogP contribution in [0.15, 0.2) is 30.3 Å². The first-order chi connectivity index (χ1) is 14.5. The smallest absolute Gasteiger partial charge is 0.416 e. The van der Waals surface area contributed by atoms with Crippen LogP contribution in [0.25, 0.3) is 10.9 Å². The zero-order chi connectivity index (χ0) is 22.5. The highest BCUT2D eigenvalue weighted by atomic mass is 19.4. The summed E-state index contributed by atoms with van der Waals surface area (Å²) in [4.78, 5) is 22.3. The molecule has 0 radical (unpaired) electrons. The molecule has 0 saturated carbocycles. The summed E-state index contributed by atoms with van der Waals surface area (Å²) in [6.07, 6.45) is -4.50. The normalized spacial score (nSPS) is 14.9. The molecule has 0 bridgehead atoms. The van der Waals surface area contributed by atoms with Crippen LogP contribution in [-0.2, 0) is 11.0 Å². The molecule has 1 aliphatic heterocycles. The van der Waals surface area contributed by atoms with Crippen molar-refractivity contribution < 1.29 is 22.7 Å². The average Bonchev–Trinajstić information content (AvgIpc) is 2.68. The van der Waals surface area contributed by atoms with Crippen molar-refractivity contribution in [3.63, 3.8) is 0 Å². The Morgan fingerprint density at radius 1 is 1.19 bits per heavy atom. The Balaban J connectivity index is 1.76. The van der Waals surface area contributed by atoms with Crippen LogP contribution < -0.4 is 20.7 Å². The number of rotatable bonds is 3. The lowest BCUT2D eigenvalue weighted by molar-refractivity contribution is -0.137. The monoisotopic (exact) mass is 431 g/mol. The van der Waals surface area contributed by atoms with Crippen molar-refractivity contribution in [2.75, 3.05) is 29.6 Å². The number of benzene rings is 2. The number of carbonyl (C=O) groups is 1. The lowest BCUT2D eigenvalue weighted by Gasteiger charge is -2.26. The van der Waals surface area contributed by atoms with Crippen LogP contribution in [0.4, 0.5) is 30.4 Å². The molecule has 0 saturated heterocycles. The van der Waals surface area contributed by atoms with Crippen molar-refractivity contribution in [3.05, 3.63) is 47.3 Å². The molecule has 2 heterocycles. The minimum absolute atomic E-state index is 0.0218. The maximum absolute atomic E-state index is 13.2. The summed E-state index contributed by atoms with van der Waals surface area (Å²) in [5.74, 6) is 1.24. The molecule has 1 amide bonds. The molecular weight excluding hydrogens is 411 g/mol. The molecule has 2 aromatic carbocycles. The van der Waals surface area contributed by atoms with Crippen LogP contribution >= 0.6 is 0 Å². The van der Waals surface area contributed by atoms with Crippen LogP contribution in [0.1, 0.15) is 29.9 Å². The van der Waals surface area contributed by atoms with Gasteiger partial charge >= 0.3 is 6.18 Å². The number of aromatic nitrogens is 2. The van der Waals surface area contributed by atoms with Gasteiger partial charge in [0, 0.05) is 24.2 Å². The zero-order valence-electron chi connectivity index (χ0n) is 17.0. The number of carbonyl (C=O) groups excluding carboxylic acids is 1. The first-order valence-electron chi connectivity index (χ1n) is 9.49. The molecule has 1 aromatic heterocycles. The van der Waals surface area contributed by atoms with E-state index in [4.69, 9.17) is 10.5 Å². The number of nitrogens with zero attached hydrogens (tertiary/aromatic N) is 3. The van der Waals surface area contributed by atoms with Gasteiger partial charge in [0.05, 0.1) is 22.8 Å². The van der Waals surface area contributed by atoms with Gasteiger partial charge in [-0.2, -0.15) is 13.2 Å². The highest BCUT2D eigenvalue weighted by molar-refractivity contribution is 6.02. The molecule has 162 valence electrons. The summed E-state index contributed by atoms with van der Waals surface area (Å²) in [5.41, 5.74) is 6.43. The van der Waals surface area contributed by atoms with E-state index in [-0.39, 0.29) is 18.2 Å². The summed E-state index contributed by atoms with van der Waals surface area (Å²) in [7, 11) is 1.64. The Bertz CT molecular complexity index is 1200. The molecule has 1 atom stereocenters. The standard InChI is InChI=1S/C21H20F3N5O2/c1-10(12-4-13(21(22,23)24)6-14(25)5-12)26-20-15-7-17-18(31-9-19(30)29(17)3)8-16(15)27-11(2)28-20/h4-8,10H,9,25H2,1-3H3,(H,26,27,28). The van der Waals surface area contributed by atoms with E-state index >= 15 is 0 Å². The fourth-order valence-corrected chi connectivity index (χ4v) is 3.50. The van der Waals surface area contributed by atoms with Gasteiger partial charge in [-0.1, -0.05) is 0 Å². The third kappa shape index (κ3) is 3.92. The number of amides is 1. The summed E-state index contributed by atoms with van der Waals surface area (Å²) < 4.78 is 45.1. The van der Waals surface area contributed by atoms with E-state index in [9.17, 15) is 18.0 Å². The summed E-state index contributed by atoms with van der Waals surface area (Å²) in [5, 5.41) is 3.77. The number of nitrogen functional groups attached to an aromatic ring is 1. The van der Waals surface area contributed by atoms with Gasteiger partial charge in [-0.25, -0.2) is 9.97 Å². The lowest BCUT2D eigenvalue weighted by Crippen LogP contribution is -2.35. The second kappa shape index (κ2) is 7.29. The van der Waals surface area contributed by atoms with Crippen molar-refractivity contribution in [1.82, 2.24) is 9.97 Å². The Labute approximate surface area is 176 Å². The quantitative estimate of drug-likeness (QED) is 0.608. The van der Waals surface area contributed by atoms with Crippen LogP contribution in [0.3, 0.4) is 0 Å². The zero-order valence-corrected chi connectivity index (χ0v) is 17.0. The maximum atomic E-state index is 13.2. The van der Waals surface area contributed by atoms with E-state index in [1.807, 2.05) is 0 Å². The summed E-state index contributed by atoms with van der Waals surface area (Å²) in [6.45, 7) is 3.38. The fraction of sp³-hybridized carbons (Fsp3) is 0.286. The number of alkyl halides is 3. The van der Waals surface area contributed by atoms with Crippen LogP contribution in [0.5, 0.6) is 5.75 Å². The Morgan fingerprint density at radius 3 is 2.65 bits per heavy atom. The van der Waals surface area contributed by atoms with Gasteiger partial charge in [-0.15, -0.1) is 0 Å². The van der Waals surface area contributed by atoms with Crippen LogP contribution in [0.2, 0.25) is 0 Å². The number of hydrogen-bond acceptors (Lipinski definition) is 6. The molecular formula is C21H20F3N5O2. The number of nitrogens with two attached hydrogens (primary N) is 1. The van der Waals surface area contributed by atoms with Gasteiger partial charge < -0.3 is 20.7 Å². The van der Waals surface area contributed by atoms with Crippen molar-refractivity contribution in [2.24, 2.45) is 0 Å². The number of fused-ring (bicyclic) bond motifs is 2. The average molecular weight is 431 g/mol. The second-order valence-electron chi connectivity index (χ2n) is 7.45. The minimum Gasteiger partial charge on any atom is -0.481 e. The SMILES string of the molecule is Cc1nc(NC(C)c2cc(N)cc(C(F)(F)F)c2)c2cc3c(cc2n1)OCC(=O)N3C. The first kappa shape index (κ1) is 20.7. The Hall–Kier alpha value is -3.56. The highest BCUT2D eigenvalue weighted by Crippen LogP contribution is 2.38. The number of aryl methyl sites for hydroxylation is 1. The molecule has 7 nitrogen and oxygen atoms in total. The van der Waals surface area contributed by atoms with Gasteiger partial charge in [0.1, 0.15) is 17.4 Å². The molecule has 3 aromatic rings. The van der Waals surface area contributed by atoms with Gasteiger partial charge in [0.25, 0.3) is 5.91 Å². The van der Waals surface area contributed by atoms with Gasteiger partial charge in [-0.3, -0.25) is 4.79 Å². The van der Waals surface area contributed by atoms with E-state index in [0.29, 0.717) is 39.5 Å². The summed E-state index contributed by atoms with van der Waals surface area (Å²) in [6, 6.07) is 6.38. The maximum Gasteiger partial charge on any atom is 0.416 e. The lowest BCUT2D eigenvalue weighted by atomic mass is 10.0. The number of nitrogens with one attached hydrogen (secondary N) is 1. The predicted octanol–water partition coefficient (Wildman–Crippen LogP) is 4.07. The molecule has 10 heteroatoms. The van der Waals surface area contributed by atoms with E-state index in [1.54, 1.807) is 33.0 Å². The number of halogens is 3. The second-order valence-corrected chi connectivity index (χ2v) is 7.45. The number of anilines is 3. The fourth-order valence-electron chi connectivity index (χ4n) is 3.50. The van der Waals surface area contributed by atoms with Crippen molar-refractivity contribution in [2.45, 2.75) is 26.1 Å². The molecule has 0 spiro atoms. The third-order valence-corrected chi connectivity index (χ3v) is 5.13. The Kier molecular flexibility index (Phi) is 4.87. The number of hydrogen-bond donors (Lipinski definition) is 2. The topological polar surface area (TPSA) is 93.4 Å². The van der Waals surface area contributed by atoms with E-state index in [2.05, 4.69) is 15.3 Å². The molecule has 3 N–H and O–H groups in total. The minimum atomic E-state index is -4.50. The molecule has 1 unspecified atom stereocenters. The van der Waals surface area contributed by atoms with Crippen molar-refractivity contribution in [3.8, 4) is 5.75 Å². The van der Waals surface area contributed by atoms with Gasteiger partial charge in [0.15, 0.2) is 6.61 Å². The molecule has 0 aliphatic carbocycles. The molecule has 1 aliphatic rings. The third-order valence-electron chi connectivity index (χ3n) is 5.13. The molecule has 4 rings (SSSR count). The van der Waals surface area contributed by atoms with Crippen molar-refractivity contribution in [1.29, 1.82) is 0 Å². The van der Waals surface area contributed by atoms with Crippen molar-refractivity contribution >= 4 is 34.0 Å². The first-order valence-corrected chi connectivity index (χ1v) is 9.49. The highest BCUT2D eigenvalue weighted by Gasteiger charge is 2.31. The van der Waals surface area contributed by atoms with Crippen LogP contribution in [-0.4, -0.2) is 29.5 Å². The van der Waals surface area contributed by atoms with E-state index in [1.165, 1.54) is 11.0 Å². The van der Waals surface area contributed by atoms with Gasteiger partial charge in [-0.05, 0) is 43.7 Å².